The Bertz CT molecular complexity index is 330. The van der Waals surface area contributed by atoms with Gasteiger partial charge >= 0.3 is 0 Å². The molecule has 0 saturated heterocycles. The van der Waals surface area contributed by atoms with Crippen LogP contribution < -0.4 is 10.6 Å². The van der Waals surface area contributed by atoms with Crippen LogP contribution in [0.25, 0.3) is 0 Å². The number of aromatic nitrogens is 2. The molecule has 1 amide bonds. The van der Waals surface area contributed by atoms with Gasteiger partial charge in [-0.15, -0.1) is 12.4 Å². The van der Waals surface area contributed by atoms with Crippen molar-refractivity contribution in [2.24, 2.45) is 7.05 Å². The molecule has 0 radical (unpaired) electrons. The maximum Gasteiger partial charge on any atom is 0.234 e. The highest BCUT2D eigenvalue weighted by molar-refractivity contribution is 5.85. The Kier molecular flexibility index (Phi) is 8.39. The Morgan fingerprint density at radius 3 is 2.94 bits per heavy atom. The van der Waals surface area contributed by atoms with Gasteiger partial charge < -0.3 is 15.4 Å². The van der Waals surface area contributed by atoms with Crippen LogP contribution in [0, 0.1) is 0 Å². The molecule has 1 aromatic heterocycles. The van der Waals surface area contributed by atoms with Gasteiger partial charge in [0, 0.05) is 39.0 Å². The smallest absolute Gasteiger partial charge is 0.234 e. The van der Waals surface area contributed by atoms with Gasteiger partial charge in [0.25, 0.3) is 0 Å². The van der Waals surface area contributed by atoms with E-state index < -0.39 is 0 Å². The van der Waals surface area contributed by atoms with Crippen LogP contribution in [0.15, 0.2) is 12.4 Å². The molecule has 0 aliphatic heterocycles. The molecule has 98 valence electrons. The summed E-state index contributed by atoms with van der Waals surface area (Å²) in [5.74, 6) is -0.0278. The first kappa shape index (κ1) is 15.9. The molecular weight excluding hydrogens is 244 g/mol. The highest BCUT2D eigenvalue weighted by Gasteiger charge is 2.01. The molecule has 0 aromatic carbocycles. The van der Waals surface area contributed by atoms with Gasteiger partial charge in [-0.2, -0.15) is 5.10 Å². The second-order valence-corrected chi connectivity index (χ2v) is 3.47. The third kappa shape index (κ3) is 6.93. The van der Waals surface area contributed by atoms with Crippen molar-refractivity contribution in [1.29, 1.82) is 0 Å². The van der Waals surface area contributed by atoms with Gasteiger partial charge in [-0.1, -0.05) is 0 Å². The van der Waals surface area contributed by atoms with Crippen LogP contribution in [0.1, 0.15) is 5.56 Å². The Balaban J connectivity index is 0.00000256. The highest BCUT2D eigenvalue weighted by atomic mass is 35.5. The molecule has 0 saturated carbocycles. The molecule has 0 aliphatic rings. The quantitative estimate of drug-likeness (QED) is 0.662. The maximum atomic E-state index is 11.3. The fourth-order valence-corrected chi connectivity index (χ4v) is 1.20. The van der Waals surface area contributed by atoms with Crippen LogP contribution in [0.3, 0.4) is 0 Å². The maximum absolute atomic E-state index is 11.3. The summed E-state index contributed by atoms with van der Waals surface area (Å²) in [4.78, 5) is 11.3. The van der Waals surface area contributed by atoms with Crippen molar-refractivity contribution in [3.05, 3.63) is 18.0 Å². The Morgan fingerprint density at radius 1 is 1.59 bits per heavy atom. The summed E-state index contributed by atoms with van der Waals surface area (Å²) >= 11 is 0. The molecule has 1 aromatic rings. The molecule has 0 fully saturated rings. The van der Waals surface area contributed by atoms with Crippen molar-refractivity contribution in [2.75, 3.05) is 26.8 Å². The van der Waals surface area contributed by atoms with Crippen molar-refractivity contribution in [3.8, 4) is 0 Å². The molecule has 0 aliphatic carbocycles. The van der Waals surface area contributed by atoms with E-state index in [1.807, 2.05) is 13.2 Å². The number of aryl methyl sites for hydroxylation is 1. The second-order valence-electron chi connectivity index (χ2n) is 3.47. The van der Waals surface area contributed by atoms with Crippen LogP contribution in [-0.2, 0) is 23.1 Å². The lowest BCUT2D eigenvalue weighted by Gasteiger charge is -2.04. The lowest BCUT2D eigenvalue weighted by Crippen LogP contribution is -2.34. The van der Waals surface area contributed by atoms with Crippen molar-refractivity contribution in [3.63, 3.8) is 0 Å². The summed E-state index contributed by atoms with van der Waals surface area (Å²) in [6.45, 7) is 2.11. The lowest BCUT2D eigenvalue weighted by molar-refractivity contribution is -0.120. The number of nitrogens with one attached hydrogen (secondary N) is 2. The number of rotatable bonds is 7. The van der Waals surface area contributed by atoms with Crippen molar-refractivity contribution >= 4 is 18.3 Å². The van der Waals surface area contributed by atoms with Gasteiger partial charge in [0.2, 0.25) is 5.91 Å². The van der Waals surface area contributed by atoms with Crippen LogP contribution in [0.2, 0.25) is 0 Å². The lowest BCUT2D eigenvalue weighted by atomic mass is 10.3. The molecule has 2 N–H and O–H groups in total. The van der Waals surface area contributed by atoms with E-state index in [0.29, 0.717) is 26.2 Å². The molecule has 1 heterocycles. The first-order chi connectivity index (χ1) is 7.72. The standard InChI is InChI=1S/C10H18N4O2.ClH/c1-14-8-9(6-13-14)5-12-10(15)7-11-3-4-16-2;/h6,8,11H,3-5,7H2,1-2H3,(H,12,15);1H. The number of nitrogens with zero attached hydrogens (tertiary/aromatic N) is 2. The summed E-state index contributed by atoms with van der Waals surface area (Å²) in [5, 5.41) is 9.78. The molecule has 6 nitrogen and oxygen atoms in total. The Morgan fingerprint density at radius 2 is 2.35 bits per heavy atom. The van der Waals surface area contributed by atoms with Crippen LogP contribution in [0.5, 0.6) is 0 Å². The number of ether oxygens (including phenoxy) is 1. The number of hydrogen-bond donors (Lipinski definition) is 2. The van der Waals surface area contributed by atoms with E-state index in [1.54, 1.807) is 18.0 Å². The van der Waals surface area contributed by atoms with Crippen LogP contribution in [0.4, 0.5) is 0 Å². The third-order valence-electron chi connectivity index (χ3n) is 2.02. The Labute approximate surface area is 107 Å². The number of methoxy groups -OCH3 is 1. The summed E-state index contributed by atoms with van der Waals surface area (Å²) in [6, 6.07) is 0. The van der Waals surface area contributed by atoms with Crippen molar-refractivity contribution < 1.29 is 9.53 Å². The molecule has 0 spiro atoms. The zero-order valence-corrected chi connectivity index (χ0v) is 10.9. The minimum atomic E-state index is -0.0278. The fraction of sp³-hybridized carbons (Fsp3) is 0.600. The number of hydrogen-bond acceptors (Lipinski definition) is 4. The van der Waals surface area contributed by atoms with E-state index in [2.05, 4.69) is 15.7 Å². The summed E-state index contributed by atoms with van der Waals surface area (Å²) < 4.78 is 6.56. The monoisotopic (exact) mass is 262 g/mol. The normalized spacial score (nSPS) is 9.76. The highest BCUT2D eigenvalue weighted by Crippen LogP contribution is 1.94. The summed E-state index contributed by atoms with van der Waals surface area (Å²) in [5.41, 5.74) is 0.993. The van der Waals surface area contributed by atoms with Crippen molar-refractivity contribution in [2.45, 2.75) is 6.54 Å². The van der Waals surface area contributed by atoms with Crippen LogP contribution >= 0.6 is 12.4 Å². The van der Waals surface area contributed by atoms with Gasteiger partial charge in [-0.05, 0) is 0 Å². The summed E-state index contributed by atoms with van der Waals surface area (Å²) in [7, 11) is 3.47. The number of carbonyl (C=O) groups is 1. The Hall–Kier alpha value is -1.11. The molecule has 0 unspecified atom stereocenters. The SMILES string of the molecule is COCCNCC(=O)NCc1cnn(C)c1.Cl. The molecule has 1 rings (SSSR count). The molecule has 17 heavy (non-hydrogen) atoms. The van der Waals surface area contributed by atoms with Gasteiger partial charge in [-0.3, -0.25) is 9.48 Å². The van der Waals surface area contributed by atoms with E-state index in [0.717, 1.165) is 5.56 Å². The first-order valence-corrected chi connectivity index (χ1v) is 5.16. The number of carbonyl (C=O) groups excluding carboxylic acids is 1. The van der Waals surface area contributed by atoms with Crippen molar-refractivity contribution in [1.82, 2.24) is 20.4 Å². The van der Waals surface area contributed by atoms with E-state index >= 15 is 0 Å². The van der Waals surface area contributed by atoms with Gasteiger partial charge in [0.1, 0.15) is 0 Å². The van der Waals surface area contributed by atoms with E-state index in [-0.39, 0.29) is 18.3 Å². The summed E-state index contributed by atoms with van der Waals surface area (Å²) in [6.07, 6.45) is 3.61. The first-order valence-electron chi connectivity index (χ1n) is 5.16. The fourth-order valence-electron chi connectivity index (χ4n) is 1.20. The zero-order valence-electron chi connectivity index (χ0n) is 10.1. The van der Waals surface area contributed by atoms with Gasteiger partial charge in [0.15, 0.2) is 0 Å². The third-order valence-corrected chi connectivity index (χ3v) is 2.02. The number of halogens is 1. The average molecular weight is 263 g/mol. The van der Waals surface area contributed by atoms with Gasteiger partial charge in [-0.25, -0.2) is 0 Å². The largest absolute Gasteiger partial charge is 0.383 e. The zero-order chi connectivity index (χ0) is 11.8. The second kappa shape index (κ2) is 8.98. The van der Waals surface area contributed by atoms with Crippen LogP contribution in [-0.4, -0.2) is 42.5 Å². The molecule has 0 bridgehead atoms. The molecular formula is C10H19ClN4O2. The molecule has 7 heteroatoms. The topological polar surface area (TPSA) is 68.2 Å². The van der Waals surface area contributed by atoms with E-state index in [1.165, 1.54) is 0 Å². The van der Waals surface area contributed by atoms with Gasteiger partial charge in [0.05, 0.1) is 19.3 Å². The van der Waals surface area contributed by atoms with E-state index in [4.69, 9.17) is 4.74 Å². The minimum absolute atomic E-state index is 0. The average Bonchev–Trinajstić information content (AvgIpc) is 2.68. The minimum Gasteiger partial charge on any atom is -0.383 e. The molecule has 0 atom stereocenters. The predicted molar refractivity (Wildman–Crippen MR) is 67.0 cm³/mol. The van der Waals surface area contributed by atoms with E-state index in [9.17, 15) is 4.79 Å². The predicted octanol–water partition coefficient (Wildman–Crippen LogP) is -0.306. The number of amides is 1.